The van der Waals surface area contributed by atoms with Crippen LogP contribution >= 0.6 is 0 Å². The van der Waals surface area contributed by atoms with E-state index < -0.39 is 0 Å². The number of piperidine rings is 1. The third kappa shape index (κ3) is 5.00. The maximum absolute atomic E-state index is 12.3. The van der Waals surface area contributed by atoms with Crippen LogP contribution in [0.15, 0.2) is 79.0 Å². The van der Waals surface area contributed by atoms with Gasteiger partial charge in [-0.05, 0) is 55.3 Å². The van der Waals surface area contributed by atoms with Crippen LogP contribution in [-0.4, -0.2) is 34.7 Å². The lowest BCUT2D eigenvalue weighted by atomic mass is 9.92. The van der Waals surface area contributed by atoms with Gasteiger partial charge in [-0.15, -0.1) is 5.73 Å². The van der Waals surface area contributed by atoms with Crippen molar-refractivity contribution < 1.29 is 9.53 Å². The fourth-order valence-electron chi connectivity index (χ4n) is 4.19. The number of para-hydroxylation sites is 1. The van der Waals surface area contributed by atoms with Crippen molar-refractivity contribution in [1.82, 2.24) is 9.88 Å². The summed E-state index contributed by atoms with van der Waals surface area (Å²) in [5, 5.41) is 8.07. The van der Waals surface area contributed by atoms with Crippen LogP contribution in [0.5, 0.6) is 11.5 Å². The quantitative estimate of drug-likeness (QED) is 0.220. The van der Waals surface area contributed by atoms with Crippen molar-refractivity contribution in [1.29, 1.82) is 5.41 Å². The Kier molecular flexibility index (Phi) is 6.76. The highest BCUT2D eigenvalue weighted by molar-refractivity contribution is 6.05. The number of hydrogen-bond donors (Lipinski definition) is 3. The Labute approximate surface area is 198 Å². The fraction of sp³-hybridized carbons (Fsp3) is 0.185. The standard InChI is InChI=1S/C27H27N5O2/c1-2-7-24(33)32-15-6-8-19(17-32)23-16-22(28)25(27(29)30)26(31-23)18-11-13-21(14-12-18)34-20-9-4-3-5-10-20/h3-5,7,9-14,16,19H,1,6,8,15,17H2,(H2,28,31)(H3,29,30). The van der Waals surface area contributed by atoms with Crippen molar-refractivity contribution >= 4 is 17.4 Å². The highest BCUT2D eigenvalue weighted by Gasteiger charge is 2.26. The molecule has 3 aromatic rings. The highest BCUT2D eigenvalue weighted by atomic mass is 16.5. The van der Waals surface area contributed by atoms with Crippen molar-refractivity contribution in [3.05, 3.63) is 90.3 Å². The van der Waals surface area contributed by atoms with Gasteiger partial charge in [-0.25, -0.2) is 0 Å². The van der Waals surface area contributed by atoms with Gasteiger partial charge in [0.25, 0.3) is 5.91 Å². The van der Waals surface area contributed by atoms with E-state index in [0.717, 1.165) is 29.8 Å². The lowest BCUT2D eigenvalue weighted by molar-refractivity contribution is -0.127. The number of rotatable bonds is 6. The van der Waals surface area contributed by atoms with E-state index in [1.807, 2.05) is 54.6 Å². The van der Waals surface area contributed by atoms with Gasteiger partial charge in [-0.2, -0.15) is 0 Å². The summed E-state index contributed by atoms with van der Waals surface area (Å²) in [5.74, 6) is 1.19. The number of benzene rings is 2. The van der Waals surface area contributed by atoms with Crippen LogP contribution in [0.1, 0.15) is 30.0 Å². The van der Waals surface area contributed by atoms with Gasteiger partial charge in [0, 0.05) is 42.0 Å². The molecule has 0 radical (unpaired) electrons. The number of likely N-dealkylation sites (tertiary alicyclic amines) is 1. The Morgan fingerprint density at radius 1 is 1.18 bits per heavy atom. The summed E-state index contributed by atoms with van der Waals surface area (Å²) in [4.78, 5) is 19.0. The van der Waals surface area contributed by atoms with Gasteiger partial charge in [-0.3, -0.25) is 15.2 Å². The number of ether oxygens (including phenoxy) is 1. The zero-order valence-electron chi connectivity index (χ0n) is 18.8. The first-order chi connectivity index (χ1) is 16.5. The van der Waals surface area contributed by atoms with Gasteiger partial charge in [0.2, 0.25) is 0 Å². The molecule has 0 aliphatic carbocycles. The van der Waals surface area contributed by atoms with E-state index in [0.29, 0.717) is 35.8 Å². The molecule has 172 valence electrons. The molecular formula is C27H27N5O2. The van der Waals surface area contributed by atoms with Gasteiger partial charge in [0.15, 0.2) is 0 Å². The molecule has 0 saturated carbocycles. The Morgan fingerprint density at radius 2 is 1.88 bits per heavy atom. The first-order valence-electron chi connectivity index (χ1n) is 11.1. The van der Waals surface area contributed by atoms with E-state index in [1.165, 1.54) is 6.08 Å². The molecule has 1 fully saturated rings. The zero-order chi connectivity index (χ0) is 24.1. The number of pyridine rings is 1. The number of amides is 1. The second kappa shape index (κ2) is 10.1. The molecular weight excluding hydrogens is 426 g/mol. The van der Waals surface area contributed by atoms with E-state index in [-0.39, 0.29) is 17.7 Å². The van der Waals surface area contributed by atoms with Crippen LogP contribution in [0.4, 0.5) is 5.69 Å². The summed E-state index contributed by atoms with van der Waals surface area (Å²) in [7, 11) is 0. The molecule has 0 spiro atoms. The van der Waals surface area contributed by atoms with Crippen molar-refractivity contribution in [2.24, 2.45) is 5.73 Å². The van der Waals surface area contributed by atoms with Crippen LogP contribution in [-0.2, 0) is 4.79 Å². The van der Waals surface area contributed by atoms with Crippen molar-refractivity contribution in [3.63, 3.8) is 0 Å². The van der Waals surface area contributed by atoms with Crippen molar-refractivity contribution in [2.45, 2.75) is 18.8 Å². The Bertz CT molecular complexity index is 1250. The van der Waals surface area contributed by atoms with Gasteiger partial charge >= 0.3 is 0 Å². The van der Waals surface area contributed by atoms with Crippen LogP contribution in [0.25, 0.3) is 11.3 Å². The van der Waals surface area contributed by atoms with Gasteiger partial charge in [-0.1, -0.05) is 24.8 Å². The maximum atomic E-state index is 12.3. The number of nitrogens with two attached hydrogens (primary N) is 2. The molecule has 1 saturated heterocycles. The molecule has 7 heteroatoms. The molecule has 1 aromatic heterocycles. The predicted molar refractivity (Wildman–Crippen MR) is 134 cm³/mol. The summed E-state index contributed by atoms with van der Waals surface area (Å²) >= 11 is 0. The number of aromatic nitrogens is 1. The smallest absolute Gasteiger partial charge is 0.254 e. The highest BCUT2D eigenvalue weighted by Crippen LogP contribution is 2.33. The monoisotopic (exact) mass is 453 g/mol. The second-order valence-corrected chi connectivity index (χ2v) is 8.18. The number of anilines is 1. The average Bonchev–Trinajstić information content (AvgIpc) is 2.84. The third-order valence-electron chi connectivity index (χ3n) is 5.82. The summed E-state index contributed by atoms with van der Waals surface area (Å²) in [6, 6.07) is 18.7. The van der Waals surface area contributed by atoms with Crippen molar-refractivity contribution in [3.8, 4) is 22.8 Å². The third-order valence-corrected chi connectivity index (χ3v) is 5.82. The molecule has 1 atom stereocenters. The molecule has 5 N–H and O–H groups in total. The lowest BCUT2D eigenvalue weighted by Gasteiger charge is -2.32. The first kappa shape index (κ1) is 22.8. The number of carbonyl (C=O) groups excluding carboxylic acids is 1. The van der Waals surface area contributed by atoms with Crippen LogP contribution < -0.4 is 16.2 Å². The van der Waals surface area contributed by atoms with Gasteiger partial charge < -0.3 is 21.1 Å². The number of nitrogens with zero attached hydrogens (tertiary/aromatic N) is 2. The zero-order valence-corrected chi connectivity index (χ0v) is 18.8. The van der Waals surface area contributed by atoms with Gasteiger partial charge in [0.1, 0.15) is 17.3 Å². The summed E-state index contributed by atoms with van der Waals surface area (Å²) in [5.41, 5.74) is 17.7. The van der Waals surface area contributed by atoms with Crippen molar-refractivity contribution in [2.75, 3.05) is 18.8 Å². The predicted octanol–water partition coefficient (Wildman–Crippen LogP) is 4.45. The molecule has 34 heavy (non-hydrogen) atoms. The topological polar surface area (TPSA) is 118 Å². The minimum Gasteiger partial charge on any atom is -0.457 e. The van der Waals surface area contributed by atoms with E-state index in [4.69, 9.17) is 26.6 Å². The first-order valence-corrected chi connectivity index (χ1v) is 11.1. The average molecular weight is 454 g/mol. The van der Waals surface area contributed by atoms with E-state index in [1.54, 1.807) is 11.0 Å². The molecule has 4 rings (SSSR count). The molecule has 7 nitrogen and oxygen atoms in total. The number of hydrogen-bond acceptors (Lipinski definition) is 5. The molecule has 1 unspecified atom stereocenters. The molecule has 2 aromatic carbocycles. The molecule has 2 heterocycles. The normalized spacial score (nSPS) is 15.3. The number of nitrogen functional groups attached to an aromatic ring is 2. The Hall–Kier alpha value is -4.35. The van der Waals surface area contributed by atoms with Crippen LogP contribution in [0.3, 0.4) is 0 Å². The Morgan fingerprint density at radius 3 is 2.56 bits per heavy atom. The fourth-order valence-corrected chi connectivity index (χ4v) is 4.19. The molecule has 0 bridgehead atoms. The minimum absolute atomic E-state index is 0.0265. The summed E-state index contributed by atoms with van der Waals surface area (Å²) < 4.78 is 5.88. The van der Waals surface area contributed by atoms with E-state index >= 15 is 0 Å². The largest absolute Gasteiger partial charge is 0.457 e. The summed E-state index contributed by atoms with van der Waals surface area (Å²) in [6.07, 6.45) is 3.10. The second-order valence-electron chi connectivity index (χ2n) is 8.18. The van der Waals surface area contributed by atoms with Crippen LogP contribution in [0.2, 0.25) is 0 Å². The number of nitrogens with one attached hydrogen (secondary N) is 1. The number of amidine groups is 1. The SMILES string of the molecule is C=C=CC(=O)N1CCCC(c2cc(N)c(C(=N)N)c(-c3ccc(Oc4ccccc4)cc3)n2)C1. The van der Waals surface area contributed by atoms with E-state index in [9.17, 15) is 4.79 Å². The van der Waals surface area contributed by atoms with E-state index in [2.05, 4.69) is 12.3 Å². The molecule has 1 aliphatic heterocycles. The maximum Gasteiger partial charge on any atom is 0.254 e. The molecule has 1 amide bonds. The minimum atomic E-state index is -0.146. The number of carbonyl (C=O) groups is 1. The lowest BCUT2D eigenvalue weighted by Crippen LogP contribution is -2.38. The van der Waals surface area contributed by atoms with Crippen LogP contribution in [0, 0.1) is 5.41 Å². The van der Waals surface area contributed by atoms with Gasteiger partial charge in [0.05, 0.1) is 11.3 Å². The molecule has 1 aliphatic rings. The summed E-state index contributed by atoms with van der Waals surface area (Å²) in [6.45, 7) is 4.71. The Balaban J connectivity index is 1.66.